The molecule has 19 heavy (non-hydrogen) atoms. The van der Waals surface area contributed by atoms with E-state index in [1.165, 1.54) is 6.07 Å². The molecule has 0 saturated carbocycles. The van der Waals surface area contributed by atoms with Crippen LogP contribution in [0.1, 0.15) is 20.9 Å². The van der Waals surface area contributed by atoms with E-state index in [1.54, 1.807) is 25.1 Å². The minimum Gasteiger partial charge on any atom is -0.375 e. The number of nitrogens with one attached hydrogen (secondary N) is 1. The first kappa shape index (κ1) is 13.5. The van der Waals surface area contributed by atoms with Crippen LogP contribution in [0.4, 0.5) is 9.52 Å². The highest BCUT2D eigenvalue weighted by Crippen LogP contribution is 2.19. The van der Waals surface area contributed by atoms with E-state index in [9.17, 15) is 9.18 Å². The monoisotopic (exact) mass is 279 g/mol. The molecule has 0 spiro atoms. The number of carbonyl (C=O) groups excluding carboxylic acids is 1. The second kappa shape index (κ2) is 5.79. The molecule has 0 aliphatic heterocycles. The van der Waals surface area contributed by atoms with Crippen molar-refractivity contribution in [2.45, 2.75) is 13.3 Å². The third kappa shape index (κ3) is 3.29. The van der Waals surface area contributed by atoms with Crippen LogP contribution in [0.3, 0.4) is 0 Å². The number of amides is 1. The largest absolute Gasteiger partial charge is 0.375 e. The first-order valence-electron chi connectivity index (χ1n) is 5.82. The Hall–Kier alpha value is -1.95. The summed E-state index contributed by atoms with van der Waals surface area (Å²) in [6.45, 7) is 2.11. The van der Waals surface area contributed by atoms with Crippen molar-refractivity contribution >= 4 is 22.4 Å². The van der Waals surface area contributed by atoms with Gasteiger partial charge in [0.2, 0.25) is 0 Å². The molecule has 6 heteroatoms. The van der Waals surface area contributed by atoms with E-state index >= 15 is 0 Å². The van der Waals surface area contributed by atoms with Crippen molar-refractivity contribution in [1.82, 2.24) is 10.3 Å². The molecule has 0 bridgehead atoms. The summed E-state index contributed by atoms with van der Waals surface area (Å²) >= 11 is 1.15. The lowest BCUT2D eigenvalue weighted by Crippen LogP contribution is -2.25. The molecule has 0 atom stereocenters. The van der Waals surface area contributed by atoms with Crippen molar-refractivity contribution in [1.29, 1.82) is 0 Å². The van der Waals surface area contributed by atoms with Gasteiger partial charge in [0.05, 0.1) is 5.69 Å². The van der Waals surface area contributed by atoms with E-state index in [1.807, 2.05) is 0 Å². The van der Waals surface area contributed by atoms with E-state index < -0.39 is 0 Å². The predicted octanol–water partition coefficient (Wildman–Crippen LogP) is 2.15. The van der Waals surface area contributed by atoms with E-state index in [0.29, 0.717) is 34.2 Å². The fraction of sp³-hybridized carbons (Fsp3) is 0.231. The number of anilines is 1. The lowest BCUT2D eigenvalue weighted by Gasteiger charge is -2.05. The van der Waals surface area contributed by atoms with Gasteiger partial charge in [-0.3, -0.25) is 4.79 Å². The Bertz CT molecular complexity index is 597. The molecule has 1 heterocycles. The average molecular weight is 279 g/mol. The second-order valence-corrected chi connectivity index (χ2v) is 5.09. The maximum atomic E-state index is 13.4. The Morgan fingerprint density at radius 3 is 2.84 bits per heavy atom. The van der Waals surface area contributed by atoms with Crippen LogP contribution in [0.15, 0.2) is 24.3 Å². The molecule has 0 saturated heterocycles. The molecule has 4 nitrogen and oxygen atoms in total. The number of carbonyl (C=O) groups is 1. The van der Waals surface area contributed by atoms with Gasteiger partial charge in [0.15, 0.2) is 5.13 Å². The molecule has 0 aliphatic carbocycles. The van der Waals surface area contributed by atoms with Gasteiger partial charge in [-0.15, -0.1) is 0 Å². The summed E-state index contributed by atoms with van der Waals surface area (Å²) in [7, 11) is 0. The molecule has 0 unspecified atom stereocenters. The quantitative estimate of drug-likeness (QED) is 0.901. The van der Waals surface area contributed by atoms with Gasteiger partial charge < -0.3 is 11.1 Å². The Balaban J connectivity index is 1.91. The highest BCUT2D eigenvalue weighted by Gasteiger charge is 2.13. The first-order valence-corrected chi connectivity index (χ1v) is 6.64. The van der Waals surface area contributed by atoms with E-state index in [2.05, 4.69) is 10.3 Å². The van der Waals surface area contributed by atoms with Gasteiger partial charge in [-0.2, -0.15) is 0 Å². The molecule has 1 amide bonds. The lowest BCUT2D eigenvalue weighted by molar-refractivity contribution is 0.0957. The van der Waals surface area contributed by atoms with Crippen LogP contribution in [-0.2, 0) is 6.42 Å². The van der Waals surface area contributed by atoms with Crippen molar-refractivity contribution in [3.8, 4) is 0 Å². The molecule has 0 fully saturated rings. The number of aryl methyl sites for hydroxylation is 1. The maximum absolute atomic E-state index is 13.4. The van der Waals surface area contributed by atoms with Crippen LogP contribution < -0.4 is 11.1 Å². The van der Waals surface area contributed by atoms with Gasteiger partial charge in [-0.05, 0) is 25.0 Å². The topological polar surface area (TPSA) is 68.0 Å². The molecular formula is C13H14FN3OS. The van der Waals surface area contributed by atoms with Gasteiger partial charge in [-0.1, -0.05) is 29.5 Å². The first-order chi connectivity index (χ1) is 9.08. The highest BCUT2D eigenvalue weighted by molar-refractivity contribution is 7.17. The van der Waals surface area contributed by atoms with Crippen LogP contribution in [-0.4, -0.2) is 17.4 Å². The summed E-state index contributed by atoms with van der Waals surface area (Å²) in [5.74, 6) is -0.474. The summed E-state index contributed by atoms with van der Waals surface area (Å²) in [6.07, 6.45) is 0.450. The van der Waals surface area contributed by atoms with E-state index in [4.69, 9.17) is 5.73 Å². The van der Waals surface area contributed by atoms with Crippen molar-refractivity contribution in [3.63, 3.8) is 0 Å². The minimum atomic E-state index is -0.255. The highest BCUT2D eigenvalue weighted by atomic mass is 32.1. The minimum absolute atomic E-state index is 0.219. The number of hydrogen-bond donors (Lipinski definition) is 2. The fourth-order valence-electron chi connectivity index (χ4n) is 1.72. The molecular weight excluding hydrogens is 265 g/mol. The number of nitrogens with two attached hydrogens (primary N) is 1. The smallest absolute Gasteiger partial charge is 0.263 e. The predicted molar refractivity (Wildman–Crippen MR) is 73.7 cm³/mol. The number of hydrogen-bond acceptors (Lipinski definition) is 4. The standard InChI is InChI=1S/C13H14FN3OS/c1-8-11(19-13(15)17-8)12(18)16-7-6-9-4-2-3-5-10(9)14/h2-5H,6-7H2,1H3,(H2,15,17)(H,16,18). The summed E-state index contributed by atoms with van der Waals surface area (Å²) in [5.41, 5.74) is 6.74. The number of nitrogens with zero attached hydrogens (tertiary/aromatic N) is 1. The van der Waals surface area contributed by atoms with E-state index in [0.717, 1.165) is 11.3 Å². The van der Waals surface area contributed by atoms with E-state index in [-0.39, 0.29) is 11.7 Å². The summed E-state index contributed by atoms with van der Waals surface area (Å²) in [5, 5.41) is 3.11. The zero-order valence-electron chi connectivity index (χ0n) is 10.4. The molecule has 0 radical (unpaired) electrons. The van der Waals surface area contributed by atoms with Crippen molar-refractivity contribution < 1.29 is 9.18 Å². The normalized spacial score (nSPS) is 10.4. The van der Waals surface area contributed by atoms with Gasteiger partial charge in [0.1, 0.15) is 10.7 Å². The van der Waals surface area contributed by atoms with Gasteiger partial charge >= 0.3 is 0 Å². The van der Waals surface area contributed by atoms with Crippen molar-refractivity contribution in [2.24, 2.45) is 0 Å². The summed E-state index contributed by atoms with van der Waals surface area (Å²) in [6, 6.07) is 6.53. The second-order valence-electron chi connectivity index (χ2n) is 4.06. The third-order valence-corrected chi connectivity index (χ3v) is 3.64. The molecule has 0 aliphatic rings. The number of nitrogen functional groups attached to an aromatic ring is 1. The van der Waals surface area contributed by atoms with Crippen LogP contribution in [0.25, 0.3) is 0 Å². The lowest BCUT2D eigenvalue weighted by atomic mass is 10.1. The van der Waals surface area contributed by atoms with Gasteiger partial charge in [0.25, 0.3) is 5.91 Å². The van der Waals surface area contributed by atoms with Crippen LogP contribution in [0, 0.1) is 12.7 Å². The Kier molecular flexibility index (Phi) is 4.11. The number of aromatic nitrogens is 1. The zero-order valence-corrected chi connectivity index (χ0v) is 11.3. The van der Waals surface area contributed by atoms with Gasteiger partial charge in [0, 0.05) is 6.54 Å². The molecule has 1 aromatic carbocycles. The van der Waals surface area contributed by atoms with Crippen molar-refractivity contribution in [2.75, 3.05) is 12.3 Å². The molecule has 2 aromatic rings. The SMILES string of the molecule is Cc1nc(N)sc1C(=O)NCCc1ccccc1F. The Labute approximate surface area is 114 Å². The molecule has 2 rings (SSSR count). The molecule has 100 valence electrons. The molecule has 1 aromatic heterocycles. The summed E-state index contributed by atoms with van der Waals surface area (Å²) in [4.78, 5) is 16.4. The summed E-state index contributed by atoms with van der Waals surface area (Å²) < 4.78 is 13.4. The Morgan fingerprint density at radius 2 is 2.21 bits per heavy atom. The molecule has 3 N–H and O–H groups in total. The van der Waals surface area contributed by atoms with Gasteiger partial charge in [-0.25, -0.2) is 9.37 Å². The van der Waals surface area contributed by atoms with Crippen molar-refractivity contribution in [3.05, 3.63) is 46.2 Å². The third-order valence-electron chi connectivity index (χ3n) is 2.66. The zero-order chi connectivity index (χ0) is 13.8. The van der Waals surface area contributed by atoms with Crippen LogP contribution in [0.5, 0.6) is 0 Å². The van der Waals surface area contributed by atoms with Crippen LogP contribution >= 0.6 is 11.3 Å². The fourth-order valence-corrected chi connectivity index (χ4v) is 2.47. The number of benzene rings is 1. The van der Waals surface area contributed by atoms with Crippen LogP contribution in [0.2, 0.25) is 0 Å². The number of rotatable bonds is 4. The number of halogens is 1. The average Bonchev–Trinajstić information content (AvgIpc) is 2.71. The maximum Gasteiger partial charge on any atom is 0.263 e. The number of thiazole rings is 1. The Morgan fingerprint density at radius 1 is 1.47 bits per heavy atom.